The van der Waals surface area contributed by atoms with Crippen molar-refractivity contribution in [3.05, 3.63) is 29.5 Å². The highest BCUT2D eigenvalue weighted by Crippen LogP contribution is 2.37. The molecular weight excluding hydrogens is 276 g/mol. The number of aromatic nitrogens is 2. The van der Waals surface area contributed by atoms with E-state index in [1.54, 1.807) is 0 Å². The normalized spacial score (nSPS) is 27.0. The lowest BCUT2D eigenvalue weighted by Gasteiger charge is -2.44. The van der Waals surface area contributed by atoms with Crippen molar-refractivity contribution in [3.63, 3.8) is 0 Å². The van der Waals surface area contributed by atoms with Crippen molar-refractivity contribution in [3.8, 4) is 12.3 Å². The highest BCUT2D eigenvalue weighted by atomic mass is 16.1. The molecule has 4 heterocycles. The molecule has 3 aliphatic heterocycles. The number of hydrogen-bond acceptors (Lipinski definition) is 3. The van der Waals surface area contributed by atoms with Crippen LogP contribution in [-0.4, -0.2) is 40.2 Å². The number of carbonyl (C=O) groups is 1. The number of primary amides is 1. The zero-order chi connectivity index (χ0) is 15.3. The van der Waals surface area contributed by atoms with Gasteiger partial charge < -0.3 is 10.6 Å². The van der Waals surface area contributed by atoms with E-state index in [0.29, 0.717) is 17.7 Å². The van der Waals surface area contributed by atoms with Gasteiger partial charge in [-0.05, 0) is 50.0 Å². The Kier molecular flexibility index (Phi) is 2.95. The molecule has 1 atom stereocenters. The molecule has 1 aromatic carbocycles. The van der Waals surface area contributed by atoms with Gasteiger partial charge in [0.15, 0.2) is 5.69 Å². The first-order valence-corrected chi connectivity index (χ1v) is 7.68. The third-order valence-corrected chi connectivity index (χ3v) is 5.04. The van der Waals surface area contributed by atoms with Crippen LogP contribution in [0.3, 0.4) is 0 Å². The number of rotatable bonds is 2. The summed E-state index contributed by atoms with van der Waals surface area (Å²) in [6.45, 7) is 3.32. The van der Waals surface area contributed by atoms with Crippen molar-refractivity contribution in [2.45, 2.75) is 18.9 Å². The molecule has 3 aliphatic rings. The van der Waals surface area contributed by atoms with E-state index in [4.69, 9.17) is 12.2 Å². The van der Waals surface area contributed by atoms with Crippen molar-refractivity contribution in [2.24, 2.45) is 11.7 Å². The van der Waals surface area contributed by atoms with E-state index in [9.17, 15) is 4.79 Å². The molecule has 2 bridgehead atoms. The molecule has 1 amide bonds. The standard InChI is InChI=1S/C17H18N4O/c1-2-11-3-4-13-14(9-11)21(19-16(13)17(18)22)15-10-20-7-5-12(15)6-8-20/h1,3-4,9,12,15H,5-8,10H2,(H2,18,22)/t15-/m0/s1. The second-order valence-corrected chi connectivity index (χ2v) is 6.24. The van der Waals surface area contributed by atoms with Gasteiger partial charge in [-0.1, -0.05) is 5.92 Å². The van der Waals surface area contributed by atoms with Crippen molar-refractivity contribution in [1.29, 1.82) is 0 Å². The molecule has 1 aromatic heterocycles. The van der Waals surface area contributed by atoms with Gasteiger partial charge in [0, 0.05) is 17.5 Å². The van der Waals surface area contributed by atoms with Crippen molar-refractivity contribution < 1.29 is 4.79 Å². The average molecular weight is 294 g/mol. The third kappa shape index (κ3) is 1.92. The number of piperidine rings is 3. The molecule has 0 unspecified atom stereocenters. The van der Waals surface area contributed by atoms with Gasteiger partial charge in [0.2, 0.25) is 0 Å². The number of fused-ring (bicyclic) bond motifs is 4. The van der Waals surface area contributed by atoms with E-state index in [1.165, 1.54) is 25.9 Å². The van der Waals surface area contributed by atoms with Crippen LogP contribution in [0.4, 0.5) is 0 Å². The topological polar surface area (TPSA) is 64.2 Å². The second-order valence-electron chi connectivity index (χ2n) is 6.24. The maximum Gasteiger partial charge on any atom is 0.269 e. The van der Waals surface area contributed by atoms with Crippen LogP contribution >= 0.6 is 0 Å². The van der Waals surface area contributed by atoms with Gasteiger partial charge in [-0.2, -0.15) is 5.10 Å². The van der Waals surface area contributed by atoms with E-state index in [-0.39, 0.29) is 0 Å². The van der Waals surface area contributed by atoms with E-state index in [0.717, 1.165) is 23.0 Å². The molecule has 5 nitrogen and oxygen atoms in total. The molecular formula is C17H18N4O. The van der Waals surface area contributed by atoms with Crippen LogP contribution < -0.4 is 5.73 Å². The number of benzene rings is 1. The quantitative estimate of drug-likeness (QED) is 0.851. The molecule has 2 aromatic rings. The van der Waals surface area contributed by atoms with Crippen LogP contribution in [0.1, 0.15) is 34.9 Å². The molecule has 112 valence electrons. The zero-order valence-electron chi connectivity index (χ0n) is 12.3. The summed E-state index contributed by atoms with van der Waals surface area (Å²) in [4.78, 5) is 14.2. The lowest BCUT2D eigenvalue weighted by Crippen LogP contribution is -2.48. The maximum atomic E-state index is 11.7. The van der Waals surface area contributed by atoms with Crippen LogP contribution in [0.2, 0.25) is 0 Å². The summed E-state index contributed by atoms with van der Waals surface area (Å²) in [5, 5.41) is 5.35. The van der Waals surface area contributed by atoms with Gasteiger partial charge in [0.25, 0.3) is 5.91 Å². The van der Waals surface area contributed by atoms with E-state index < -0.39 is 5.91 Å². The first-order valence-electron chi connectivity index (χ1n) is 7.68. The Hall–Kier alpha value is -2.32. The highest BCUT2D eigenvalue weighted by molar-refractivity contribution is 6.04. The number of amides is 1. The van der Waals surface area contributed by atoms with Crippen molar-refractivity contribution >= 4 is 16.8 Å². The van der Waals surface area contributed by atoms with E-state index in [1.807, 2.05) is 22.9 Å². The summed E-state index contributed by atoms with van der Waals surface area (Å²) in [6.07, 6.45) is 7.89. The van der Waals surface area contributed by atoms with Gasteiger partial charge in [-0.3, -0.25) is 9.48 Å². The van der Waals surface area contributed by atoms with E-state index >= 15 is 0 Å². The Morgan fingerprint density at radius 3 is 2.73 bits per heavy atom. The molecule has 0 saturated carbocycles. The van der Waals surface area contributed by atoms with Crippen molar-refractivity contribution in [1.82, 2.24) is 14.7 Å². The molecule has 22 heavy (non-hydrogen) atoms. The number of hydrogen-bond donors (Lipinski definition) is 1. The second kappa shape index (κ2) is 4.85. The number of carbonyl (C=O) groups excluding carboxylic acids is 1. The fourth-order valence-corrected chi connectivity index (χ4v) is 3.87. The summed E-state index contributed by atoms with van der Waals surface area (Å²) in [6, 6.07) is 5.92. The van der Waals surface area contributed by atoms with Crippen LogP contribution in [0.5, 0.6) is 0 Å². The Labute approximate surface area is 129 Å². The molecule has 3 saturated heterocycles. The summed E-state index contributed by atoms with van der Waals surface area (Å²) < 4.78 is 1.99. The third-order valence-electron chi connectivity index (χ3n) is 5.04. The molecule has 0 radical (unpaired) electrons. The molecule has 0 aliphatic carbocycles. The highest BCUT2D eigenvalue weighted by Gasteiger charge is 2.36. The number of terminal acetylenes is 1. The number of nitrogens with two attached hydrogens (primary N) is 1. The predicted molar refractivity (Wildman–Crippen MR) is 84.4 cm³/mol. The summed E-state index contributed by atoms with van der Waals surface area (Å²) in [5.41, 5.74) is 7.56. The largest absolute Gasteiger partial charge is 0.364 e. The average Bonchev–Trinajstić information content (AvgIpc) is 2.94. The summed E-state index contributed by atoms with van der Waals surface area (Å²) >= 11 is 0. The summed E-state index contributed by atoms with van der Waals surface area (Å²) in [7, 11) is 0. The van der Waals surface area contributed by atoms with Crippen LogP contribution in [0.15, 0.2) is 18.2 Å². The molecule has 3 fully saturated rings. The minimum absolute atomic E-state index is 0.297. The SMILES string of the molecule is C#Cc1ccc2c(C(N)=O)nn([C@H]3CN4CCC3CC4)c2c1. The smallest absolute Gasteiger partial charge is 0.269 e. The van der Waals surface area contributed by atoms with Gasteiger partial charge >= 0.3 is 0 Å². The minimum Gasteiger partial charge on any atom is -0.364 e. The Morgan fingerprint density at radius 2 is 2.14 bits per heavy atom. The Bertz CT molecular complexity index is 793. The van der Waals surface area contributed by atoms with Crippen molar-refractivity contribution in [2.75, 3.05) is 19.6 Å². The Morgan fingerprint density at radius 1 is 1.36 bits per heavy atom. The van der Waals surface area contributed by atoms with Gasteiger partial charge in [0.1, 0.15) is 0 Å². The minimum atomic E-state index is -0.488. The van der Waals surface area contributed by atoms with Gasteiger partial charge in [0.05, 0.1) is 11.6 Å². The lowest BCUT2D eigenvalue weighted by atomic mass is 9.84. The van der Waals surface area contributed by atoms with Crippen LogP contribution in [0, 0.1) is 18.3 Å². The molecule has 5 rings (SSSR count). The number of nitrogens with zero attached hydrogens (tertiary/aromatic N) is 3. The monoisotopic (exact) mass is 294 g/mol. The van der Waals surface area contributed by atoms with Gasteiger partial charge in [-0.15, -0.1) is 6.42 Å². The van der Waals surface area contributed by atoms with Crippen LogP contribution in [0.25, 0.3) is 10.9 Å². The molecule has 2 N–H and O–H groups in total. The molecule has 0 spiro atoms. The lowest BCUT2D eigenvalue weighted by molar-refractivity contribution is 0.0531. The fourth-order valence-electron chi connectivity index (χ4n) is 3.87. The molecule has 5 heteroatoms. The van der Waals surface area contributed by atoms with Crippen LogP contribution in [-0.2, 0) is 0 Å². The van der Waals surface area contributed by atoms with Gasteiger partial charge in [-0.25, -0.2) is 0 Å². The first kappa shape index (κ1) is 13.4. The maximum absolute atomic E-state index is 11.7. The first-order chi connectivity index (χ1) is 10.7. The predicted octanol–water partition coefficient (Wildman–Crippen LogP) is 1.38. The zero-order valence-corrected chi connectivity index (χ0v) is 12.3. The van der Waals surface area contributed by atoms with E-state index in [2.05, 4.69) is 15.9 Å². The fraction of sp³-hybridized carbons (Fsp3) is 0.412. The Balaban J connectivity index is 1.89. The summed E-state index contributed by atoms with van der Waals surface area (Å²) in [5.74, 6) is 2.78.